The highest BCUT2D eigenvalue weighted by Crippen LogP contribution is 2.30. The molecule has 0 radical (unpaired) electrons. The summed E-state index contributed by atoms with van der Waals surface area (Å²) < 4.78 is 5.73. The Kier molecular flexibility index (Phi) is 4.00. The normalized spacial score (nSPS) is 21.9. The van der Waals surface area contributed by atoms with Crippen molar-refractivity contribution in [2.24, 2.45) is 0 Å². The highest BCUT2D eigenvalue weighted by Gasteiger charge is 2.31. The summed E-state index contributed by atoms with van der Waals surface area (Å²) in [5.74, 6) is -0.152. The Labute approximate surface area is 125 Å². The van der Waals surface area contributed by atoms with Crippen molar-refractivity contribution in [2.45, 2.75) is 18.6 Å². The largest absolute Gasteiger partial charge is 0.371 e. The number of carbonyl (C=O) groups excluding carboxylic acids is 1. The first-order valence-electron chi connectivity index (χ1n) is 6.30. The molecule has 0 saturated carbocycles. The molecule has 2 aromatic rings. The number of aromatic nitrogens is 1. The monoisotopic (exact) mass is 308 g/mol. The number of thiazole rings is 1. The molecule has 1 aromatic heterocycles. The Balaban J connectivity index is 1.72. The van der Waals surface area contributed by atoms with Gasteiger partial charge in [0.25, 0.3) is 5.91 Å². The van der Waals surface area contributed by atoms with Gasteiger partial charge in [0.05, 0.1) is 11.6 Å². The van der Waals surface area contributed by atoms with E-state index in [1.165, 1.54) is 11.3 Å². The molecule has 2 atom stereocenters. The lowest BCUT2D eigenvalue weighted by Crippen LogP contribution is -2.36. The van der Waals surface area contributed by atoms with E-state index in [0.717, 1.165) is 12.0 Å². The second-order valence-electron chi connectivity index (χ2n) is 4.59. The van der Waals surface area contributed by atoms with Crippen LogP contribution in [-0.2, 0) is 4.74 Å². The maximum Gasteiger partial charge on any atom is 0.271 e. The van der Waals surface area contributed by atoms with Crippen LogP contribution in [0.5, 0.6) is 0 Å². The molecule has 1 aliphatic rings. The molecule has 1 N–H and O–H groups in total. The van der Waals surface area contributed by atoms with Gasteiger partial charge in [-0.25, -0.2) is 4.98 Å². The molecular weight excluding hydrogens is 296 g/mol. The molecule has 3 rings (SSSR count). The van der Waals surface area contributed by atoms with Crippen LogP contribution in [0.2, 0.25) is 5.02 Å². The van der Waals surface area contributed by atoms with Crippen molar-refractivity contribution in [1.29, 1.82) is 0 Å². The molecular formula is C14H13ClN2O2S. The number of halogens is 1. The van der Waals surface area contributed by atoms with Gasteiger partial charge in [-0.05, 0) is 24.1 Å². The smallest absolute Gasteiger partial charge is 0.271 e. The third-order valence-corrected chi connectivity index (χ3v) is 4.11. The van der Waals surface area contributed by atoms with E-state index in [0.29, 0.717) is 17.3 Å². The number of amides is 1. The Morgan fingerprint density at radius 2 is 2.20 bits per heavy atom. The van der Waals surface area contributed by atoms with E-state index in [9.17, 15) is 4.79 Å². The SMILES string of the molecule is O=C(NC1CCOC1c1ccc(Cl)cc1)c1cscn1. The molecule has 1 aliphatic heterocycles. The number of nitrogens with zero attached hydrogens (tertiary/aromatic N) is 1. The van der Waals surface area contributed by atoms with Crippen LogP contribution >= 0.6 is 22.9 Å². The fraction of sp³-hybridized carbons (Fsp3) is 0.286. The van der Waals surface area contributed by atoms with Gasteiger partial charge in [0.2, 0.25) is 0 Å². The zero-order valence-electron chi connectivity index (χ0n) is 10.6. The highest BCUT2D eigenvalue weighted by atomic mass is 35.5. The van der Waals surface area contributed by atoms with Gasteiger partial charge in [0.15, 0.2) is 0 Å². The van der Waals surface area contributed by atoms with E-state index >= 15 is 0 Å². The maximum absolute atomic E-state index is 12.0. The molecule has 0 aliphatic carbocycles. The van der Waals surface area contributed by atoms with Crippen LogP contribution in [0.15, 0.2) is 35.2 Å². The second-order valence-corrected chi connectivity index (χ2v) is 5.74. The summed E-state index contributed by atoms with van der Waals surface area (Å²) in [6.45, 7) is 0.634. The molecule has 1 saturated heterocycles. The summed E-state index contributed by atoms with van der Waals surface area (Å²) in [5.41, 5.74) is 3.13. The first-order valence-corrected chi connectivity index (χ1v) is 7.62. The standard InChI is InChI=1S/C14H13ClN2O2S/c15-10-3-1-9(2-4-10)13-11(5-6-19-13)17-14(18)12-7-20-8-16-12/h1-4,7-8,11,13H,5-6H2,(H,17,18). The summed E-state index contributed by atoms with van der Waals surface area (Å²) in [7, 11) is 0. The van der Waals surface area contributed by atoms with Crippen LogP contribution in [0.4, 0.5) is 0 Å². The van der Waals surface area contributed by atoms with Gasteiger partial charge in [-0.1, -0.05) is 23.7 Å². The molecule has 1 aromatic carbocycles. The predicted octanol–water partition coefficient (Wildman–Crippen LogP) is 3.06. The van der Waals surface area contributed by atoms with Crippen LogP contribution < -0.4 is 5.32 Å². The molecule has 0 bridgehead atoms. The van der Waals surface area contributed by atoms with E-state index in [4.69, 9.17) is 16.3 Å². The van der Waals surface area contributed by atoms with E-state index in [1.807, 2.05) is 24.3 Å². The molecule has 2 heterocycles. The van der Waals surface area contributed by atoms with Gasteiger partial charge >= 0.3 is 0 Å². The average molecular weight is 309 g/mol. The molecule has 2 unspecified atom stereocenters. The lowest BCUT2D eigenvalue weighted by atomic mass is 10.0. The molecule has 20 heavy (non-hydrogen) atoms. The minimum atomic E-state index is -0.152. The van der Waals surface area contributed by atoms with Crippen LogP contribution in [0, 0.1) is 0 Å². The molecule has 6 heteroatoms. The number of benzene rings is 1. The van der Waals surface area contributed by atoms with Crippen LogP contribution in [0.1, 0.15) is 28.6 Å². The minimum absolute atomic E-state index is 0.0367. The summed E-state index contributed by atoms with van der Waals surface area (Å²) in [4.78, 5) is 16.1. The van der Waals surface area contributed by atoms with Gasteiger partial charge in [-0.2, -0.15) is 0 Å². The van der Waals surface area contributed by atoms with Crippen molar-refractivity contribution in [2.75, 3.05) is 6.61 Å². The molecule has 0 spiro atoms. The highest BCUT2D eigenvalue weighted by molar-refractivity contribution is 7.07. The molecule has 104 valence electrons. The van der Waals surface area contributed by atoms with Crippen LogP contribution in [0.3, 0.4) is 0 Å². The van der Waals surface area contributed by atoms with Gasteiger partial charge in [0.1, 0.15) is 11.8 Å². The van der Waals surface area contributed by atoms with Crippen molar-refractivity contribution in [3.63, 3.8) is 0 Å². The summed E-state index contributed by atoms with van der Waals surface area (Å²) in [6.07, 6.45) is 0.665. The van der Waals surface area contributed by atoms with Crippen molar-refractivity contribution in [3.8, 4) is 0 Å². The lowest BCUT2D eigenvalue weighted by Gasteiger charge is -2.19. The van der Waals surface area contributed by atoms with Crippen molar-refractivity contribution >= 4 is 28.8 Å². The van der Waals surface area contributed by atoms with Crippen LogP contribution in [0.25, 0.3) is 0 Å². The fourth-order valence-corrected chi connectivity index (χ4v) is 2.94. The first kappa shape index (κ1) is 13.5. The van der Waals surface area contributed by atoms with Gasteiger partial charge in [-0.15, -0.1) is 11.3 Å². The third-order valence-electron chi connectivity index (χ3n) is 3.27. The number of hydrogen-bond acceptors (Lipinski definition) is 4. The van der Waals surface area contributed by atoms with E-state index < -0.39 is 0 Å². The molecule has 1 fully saturated rings. The van der Waals surface area contributed by atoms with E-state index in [-0.39, 0.29) is 18.1 Å². The zero-order chi connectivity index (χ0) is 13.9. The fourth-order valence-electron chi connectivity index (χ4n) is 2.29. The van der Waals surface area contributed by atoms with Crippen molar-refractivity contribution in [1.82, 2.24) is 10.3 Å². The topological polar surface area (TPSA) is 51.2 Å². The quantitative estimate of drug-likeness (QED) is 0.948. The Morgan fingerprint density at radius 1 is 1.40 bits per heavy atom. The lowest BCUT2D eigenvalue weighted by molar-refractivity contribution is 0.0818. The summed E-state index contributed by atoms with van der Waals surface area (Å²) in [6, 6.07) is 7.49. The summed E-state index contributed by atoms with van der Waals surface area (Å²) in [5, 5.41) is 5.42. The van der Waals surface area contributed by atoms with E-state index in [1.54, 1.807) is 10.9 Å². The number of hydrogen-bond donors (Lipinski definition) is 1. The molecule has 4 nitrogen and oxygen atoms in total. The van der Waals surface area contributed by atoms with Gasteiger partial charge in [0, 0.05) is 17.0 Å². The van der Waals surface area contributed by atoms with Crippen LogP contribution in [-0.4, -0.2) is 23.5 Å². The van der Waals surface area contributed by atoms with Crippen molar-refractivity contribution in [3.05, 3.63) is 51.4 Å². The van der Waals surface area contributed by atoms with E-state index in [2.05, 4.69) is 10.3 Å². The van der Waals surface area contributed by atoms with Gasteiger partial charge in [-0.3, -0.25) is 4.79 Å². The second kappa shape index (κ2) is 5.91. The van der Waals surface area contributed by atoms with Gasteiger partial charge < -0.3 is 10.1 Å². The van der Waals surface area contributed by atoms with Crippen molar-refractivity contribution < 1.29 is 9.53 Å². The Bertz CT molecular complexity index is 586. The third kappa shape index (κ3) is 2.85. The minimum Gasteiger partial charge on any atom is -0.371 e. The first-order chi connectivity index (χ1) is 9.74. The Morgan fingerprint density at radius 3 is 2.90 bits per heavy atom. The zero-order valence-corrected chi connectivity index (χ0v) is 12.2. The number of rotatable bonds is 3. The number of nitrogens with one attached hydrogen (secondary N) is 1. The maximum atomic E-state index is 12.0. The Hall–Kier alpha value is -1.43. The average Bonchev–Trinajstić information content (AvgIpc) is 3.10. The number of ether oxygens (including phenoxy) is 1. The predicted molar refractivity (Wildman–Crippen MR) is 78.1 cm³/mol. The summed E-state index contributed by atoms with van der Waals surface area (Å²) >= 11 is 7.30. The molecule has 1 amide bonds. The number of carbonyl (C=O) groups is 1.